The molecule has 0 unspecified atom stereocenters. The average Bonchev–Trinajstić information content (AvgIpc) is 2.43. The van der Waals surface area contributed by atoms with Crippen molar-refractivity contribution in [3.63, 3.8) is 0 Å². The zero-order valence-electron chi connectivity index (χ0n) is 11.1. The third-order valence-corrected chi connectivity index (χ3v) is 3.00. The topological polar surface area (TPSA) is 55.5 Å². The summed E-state index contributed by atoms with van der Waals surface area (Å²) in [6.07, 6.45) is 1.79. The van der Waals surface area contributed by atoms with Crippen LogP contribution in [0, 0.1) is 0 Å². The second-order valence-corrected chi connectivity index (χ2v) is 4.43. The Morgan fingerprint density at radius 2 is 1.84 bits per heavy atom. The number of aryl methyl sites for hydroxylation is 1. The molecule has 100 valence electrons. The third-order valence-electron chi connectivity index (χ3n) is 3.00. The number of phenols is 1. The number of phenolic OH excluding ortho intramolecular Hbond substituents is 1. The number of aromatic hydroxyl groups is 1. The van der Waals surface area contributed by atoms with Crippen LogP contribution in [0.4, 0.5) is 0 Å². The maximum absolute atomic E-state index is 9.25. The molecule has 3 heteroatoms. The summed E-state index contributed by atoms with van der Waals surface area (Å²) in [6.45, 7) is 2.76. The van der Waals surface area contributed by atoms with Gasteiger partial charge in [-0.3, -0.25) is 0 Å². The highest BCUT2D eigenvalue weighted by atomic mass is 16.5. The van der Waals surface area contributed by atoms with Gasteiger partial charge in [-0.15, -0.1) is 0 Å². The van der Waals surface area contributed by atoms with Crippen LogP contribution in [0.15, 0.2) is 42.5 Å². The lowest BCUT2D eigenvalue weighted by Gasteiger charge is -2.12. The SMILES string of the molecule is CCc1cc(CCN)ccc1Oc1ccc(O)cc1. The minimum atomic E-state index is 0.237. The maximum atomic E-state index is 9.25. The smallest absolute Gasteiger partial charge is 0.130 e. The Hall–Kier alpha value is -2.00. The molecule has 0 saturated carbocycles. The largest absolute Gasteiger partial charge is 0.508 e. The van der Waals surface area contributed by atoms with Gasteiger partial charge >= 0.3 is 0 Å². The second-order valence-electron chi connectivity index (χ2n) is 4.43. The van der Waals surface area contributed by atoms with E-state index in [9.17, 15) is 5.11 Å². The van der Waals surface area contributed by atoms with Crippen molar-refractivity contribution in [2.45, 2.75) is 19.8 Å². The summed E-state index contributed by atoms with van der Waals surface area (Å²) >= 11 is 0. The van der Waals surface area contributed by atoms with Crippen LogP contribution in [0.25, 0.3) is 0 Å². The quantitative estimate of drug-likeness (QED) is 0.864. The predicted octanol–water partition coefficient (Wildman–Crippen LogP) is 3.25. The lowest BCUT2D eigenvalue weighted by atomic mass is 10.1. The highest BCUT2D eigenvalue weighted by molar-refractivity contribution is 5.41. The molecule has 0 saturated heterocycles. The molecule has 2 aromatic carbocycles. The number of rotatable bonds is 5. The van der Waals surface area contributed by atoms with Crippen LogP contribution in [0.5, 0.6) is 17.2 Å². The zero-order chi connectivity index (χ0) is 13.7. The van der Waals surface area contributed by atoms with E-state index in [0.717, 1.165) is 24.3 Å². The molecule has 2 aromatic rings. The highest BCUT2D eigenvalue weighted by Crippen LogP contribution is 2.28. The molecule has 0 heterocycles. The van der Waals surface area contributed by atoms with Crippen molar-refractivity contribution in [3.05, 3.63) is 53.6 Å². The van der Waals surface area contributed by atoms with Gasteiger partial charge < -0.3 is 15.6 Å². The molecule has 0 aliphatic rings. The van der Waals surface area contributed by atoms with E-state index < -0.39 is 0 Å². The normalized spacial score (nSPS) is 10.4. The van der Waals surface area contributed by atoms with Gasteiger partial charge in [-0.05, 0) is 60.8 Å². The molecule has 0 aromatic heterocycles. The first-order chi connectivity index (χ1) is 9.22. The maximum Gasteiger partial charge on any atom is 0.130 e. The van der Waals surface area contributed by atoms with Crippen LogP contribution in [0.1, 0.15) is 18.1 Å². The van der Waals surface area contributed by atoms with E-state index in [1.165, 1.54) is 11.1 Å². The first kappa shape index (κ1) is 13.4. The minimum absolute atomic E-state index is 0.237. The summed E-state index contributed by atoms with van der Waals surface area (Å²) in [5.74, 6) is 1.81. The van der Waals surface area contributed by atoms with Gasteiger partial charge in [-0.2, -0.15) is 0 Å². The average molecular weight is 257 g/mol. The van der Waals surface area contributed by atoms with Crippen LogP contribution in [-0.2, 0) is 12.8 Å². The third kappa shape index (κ3) is 3.48. The van der Waals surface area contributed by atoms with E-state index in [1.807, 2.05) is 12.1 Å². The van der Waals surface area contributed by atoms with Crippen LogP contribution in [-0.4, -0.2) is 11.7 Å². The molecular formula is C16H19NO2. The molecule has 0 spiro atoms. The predicted molar refractivity (Wildman–Crippen MR) is 76.8 cm³/mol. The van der Waals surface area contributed by atoms with Crippen molar-refractivity contribution in [1.82, 2.24) is 0 Å². The summed E-state index contributed by atoms with van der Waals surface area (Å²) in [5.41, 5.74) is 7.97. The van der Waals surface area contributed by atoms with Crippen molar-refractivity contribution < 1.29 is 9.84 Å². The molecular weight excluding hydrogens is 238 g/mol. The summed E-state index contributed by atoms with van der Waals surface area (Å²) < 4.78 is 5.85. The van der Waals surface area contributed by atoms with Crippen molar-refractivity contribution in [2.24, 2.45) is 5.73 Å². The van der Waals surface area contributed by atoms with E-state index >= 15 is 0 Å². The van der Waals surface area contributed by atoms with E-state index in [0.29, 0.717) is 6.54 Å². The fourth-order valence-electron chi connectivity index (χ4n) is 1.97. The van der Waals surface area contributed by atoms with Crippen LogP contribution in [0.3, 0.4) is 0 Å². The Morgan fingerprint density at radius 3 is 2.47 bits per heavy atom. The van der Waals surface area contributed by atoms with Crippen molar-refractivity contribution in [3.8, 4) is 17.2 Å². The lowest BCUT2D eigenvalue weighted by molar-refractivity contribution is 0.462. The number of nitrogens with two attached hydrogens (primary N) is 1. The zero-order valence-corrected chi connectivity index (χ0v) is 11.1. The first-order valence-corrected chi connectivity index (χ1v) is 6.51. The van der Waals surface area contributed by atoms with E-state index in [-0.39, 0.29) is 5.75 Å². The van der Waals surface area contributed by atoms with E-state index in [4.69, 9.17) is 10.5 Å². The van der Waals surface area contributed by atoms with Crippen LogP contribution in [0.2, 0.25) is 0 Å². The minimum Gasteiger partial charge on any atom is -0.508 e. The van der Waals surface area contributed by atoms with Gasteiger partial charge in [0.1, 0.15) is 17.2 Å². The molecule has 0 atom stereocenters. The Bertz CT molecular complexity index is 535. The Kier molecular flexibility index (Phi) is 4.42. The molecule has 0 bridgehead atoms. The number of hydrogen-bond acceptors (Lipinski definition) is 3. The van der Waals surface area contributed by atoms with Gasteiger partial charge in [0, 0.05) is 0 Å². The van der Waals surface area contributed by atoms with Gasteiger partial charge in [-0.25, -0.2) is 0 Å². The molecule has 0 aliphatic heterocycles. The fraction of sp³-hybridized carbons (Fsp3) is 0.250. The Morgan fingerprint density at radius 1 is 1.11 bits per heavy atom. The molecule has 3 N–H and O–H groups in total. The summed E-state index contributed by atoms with van der Waals surface area (Å²) in [4.78, 5) is 0. The summed E-state index contributed by atoms with van der Waals surface area (Å²) in [7, 11) is 0. The van der Waals surface area contributed by atoms with E-state index in [1.54, 1.807) is 24.3 Å². The molecule has 0 aliphatic carbocycles. The second kappa shape index (κ2) is 6.25. The molecule has 3 nitrogen and oxygen atoms in total. The van der Waals surface area contributed by atoms with Gasteiger partial charge in [-0.1, -0.05) is 19.1 Å². The number of benzene rings is 2. The van der Waals surface area contributed by atoms with Crippen molar-refractivity contribution in [2.75, 3.05) is 6.54 Å². The van der Waals surface area contributed by atoms with Crippen LogP contribution >= 0.6 is 0 Å². The van der Waals surface area contributed by atoms with Gasteiger partial charge in [0.05, 0.1) is 0 Å². The molecule has 19 heavy (non-hydrogen) atoms. The van der Waals surface area contributed by atoms with Gasteiger partial charge in [0.2, 0.25) is 0 Å². The molecule has 0 radical (unpaired) electrons. The Labute approximate surface area is 113 Å². The molecule has 0 fully saturated rings. The summed E-state index contributed by atoms with van der Waals surface area (Å²) in [5, 5.41) is 9.25. The lowest BCUT2D eigenvalue weighted by Crippen LogP contribution is -2.03. The highest BCUT2D eigenvalue weighted by Gasteiger charge is 2.05. The molecule has 0 amide bonds. The first-order valence-electron chi connectivity index (χ1n) is 6.51. The van der Waals surface area contributed by atoms with Crippen molar-refractivity contribution in [1.29, 1.82) is 0 Å². The van der Waals surface area contributed by atoms with E-state index in [2.05, 4.69) is 13.0 Å². The molecule has 2 rings (SSSR count). The number of hydrogen-bond donors (Lipinski definition) is 2. The van der Waals surface area contributed by atoms with Gasteiger partial charge in [0.15, 0.2) is 0 Å². The van der Waals surface area contributed by atoms with Crippen molar-refractivity contribution >= 4 is 0 Å². The Balaban J connectivity index is 2.21. The standard InChI is InChI=1S/C16H19NO2/c1-2-13-11-12(9-10-17)3-8-16(13)19-15-6-4-14(18)5-7-15/h3-8,11,18H,2,9-10,17H2,1H3. The summed E-state index contributed by atoms with van der Waals surface area (Å²) in [6, 6.07) is 12.9. The fourth-order valence-corrected chi connectivity index (χ4v) is 1.97. The van der Waals surface area contributed by atoms with Gasteiger partial charge in [0.25, 0.3) is 0 Å². The van der Waals surface area contributed by atoms with Crippen LogP contribution < -0.4 is 10.5 Å². The number of ether oxygens (including phenoxy) is 1. The monoisotopic (exact) mass is 257 g/mol.